The average molecular weight is 1700 g/mol. The van der Waals surface area contributed by atoms with E-state index < -0.39 is 0 Å². The molecule has 636 valence electrons. The van der Waals surface area contributed by atoms with Crippen LogP contribution in [0.4, 0.5) is 0 Å². The molecule has 0 N–H and O–H groups in total. The van der Waals surface area contributed by atoms with Crippen LogP contribution >= 0.6 is 0 Å². The fraction of sp³-hybridized carbons (Fsp3) is 0.228. The van der Waals surface area contributed by atoms with Crippen LogP contribution in [0.25, 0.3) is 206 Å². The second-order valence-corrected chi connectivity index (χ2v) is 37.3. The number of benzene rings is 10. The van der Waals surface area contributed by atoms with Crippen LogP contribution in [0.1, 0.15) is 157 Å². The second kappa shape index (κ2) is 31.9. The molecule has 9 heterocycles. The molecule has 19 aromatic rings. The summed E-state index contributed by atoms with van der Waals surface area (Å²) in [5.41, 5.74) is 16.3. The summed E-state index contributed by atoms with van der Waals surface area (Å²) < 4.78 is 59.5. The van der Waals surface area contributed by atoms with Crippen LogP contribution in [0.5, 0.6) is 0 Å². The molecule has 0 unspecified atom stereocenters. The normalized spacial score (nSPS) is 12.3. The summed E-state index contributed by atoms with van der Waals surface area (Å²) in [5, 5.41) is 82.9. The molecule has 0 atom stereocenters. The van der Waals surface area contributed by atoms with Crippen molar-refractivity contribution in [3.63, 3.8) is 0 Å². The molecule has 27 nitrogen and oxygen atoms in total. The largest absolute Gasteiger partial charge is 0.416 e. The van der Waals surface area contributed by atoms with Gasteiger partial charge in [-0.1, -0.05) is 190 Å². The minimum atomic E-state index is -0.0788. The van der Waals surface area contributed by atoms with Crippen molar-refractivity contribution >= 4 is 0 Å². The Morgan fingerprint density at radius 2 is 0.250 bits per heavy atom. The predicted octanol–water partition coefficient (Wildman–Crippen LogP) is 24.8. The minimum absolute atomic E-state index is 0.0498. The lowest BCUT2D eigenvalue weighted by Gasteiger charge is -2.18. The van der Waals surface area contributed by atoms with Gasteiger partial charge in [0.25, 0.3) is 0 Å². The van der Waals surface area contributed by atoms with Crippen LogP contribution in [0.2, 0.25) is 0 Å². The van der Waals surface area contributed by atoms with E-state index in [1.165, 1.54) is 5.56 Å². The number of aromatic nitrogens is 18. The van der Waals surface area contributed by atoms with Crippen molar-refractivity contribution < 1.29 is 39.8 Å². The van der Waals surface area contributed by atoms with Crippen LogP contribution in [0.15, 0.2) is 258 Å². The first-order valence-corrected chi connectivity index (χ1v) is 42.0. The van der Waals surface area contributed by atoms with Crippen molar-refractivity contribution in [2.45, 2.75) is 151 Å². The molecule has 0 bridgehead atoms. The van der Waals surface area contributed by atoms with Gasteiger partial charge in [0.05, 0.1) is 0 Å². The highest BCUT2D eigenvalue weighted by Gasteiger charge is 2.29. The zero-order valence-electron chi connectivity index (χ0n) is 73.6. The Labute approximate surface area is 736 Å². The average Bonchev–Trinajstić information content (AvgIpc) is 1.63. The Morgan fingerprint density at radius 3 is 0.352 bits per heavy atom. The maximum Gasteiger partial charge on any atom is 0.248 e. The molecule has 0 aliphatic heterocycles. The summed E-state index contributed by atoms with van der Waals surface area (Å²) in [7, 11) is 0. The van der Waals surface area contributed by atoms with E-state index in [9.17, 15) is 0 Å². The third-order valence-corrected chi connectivity index (χ3v) is 22.3. The second-order valence-electron chi connectivity index (χ2n) is 37.3. The van der Waals surface area contributed by atoms with Gasteiger partial charge in [-0.3, -0.25) is 0 Å². The van der Waals surface area contributed by atoms with E-state index in [-0.39, 0.29) is 97.8 Å². The Morgan fingerprint density at radius 1 is 0.148 bits per heavy atom. The summed E-state index contributed by atoms with van der Waals surface area (Å²) in [5.74, 6) is 3.74. The first kappa shape index (κ1) is 82.1. The van der Waals surface area contributed by atoms with E-state index in [2.05, 4.69) is 252 Å². The van der Waals surface area contributed by atoms with Crippen molar-refractivity contribution in [1.82, 2.24) is 91.8 Å². The lowest BCUT2D eigenvalue weighted by atomic mass is 9.87. The highest BCUT2D eigenvalue weighted by molar-refractivity contribution is 5.81. The van der Waals surface area contributed by atoms with Crippen molar-refractivity contribution in [2.75, 3.05) is 0 Å². The SMILES string of the molecule is CC(C)c1ccc(-c2nnc(-c3cc(-c4nnc(-c5ccc(C(C)(C)C)cc5)o4)cc(-c4nnc(-c5cc(-c6nnc(-c7cc(-c8nnc(-c9ccc(C(C)(C)C)cc9)o8)cc(-c8nnc(-c9ccc(C(C)(C)C)cc9)o8)c7)o6)cc(-c6nnc(-c7cc(-c8nnc(-c9ccc(C(C)(C)C)cc9)o8)cc(-c8nnc(-c9ccc(C(C)(C)C)cc9)o8)c7)o6)c5)o4)c3)o2)cc1. The summed E-state index contributed by atoms with van der Waals surface area (Å²) in [6, 6.07) is 70.0. The third-order valence-electron chi connectivity index (χ3n) is 22.3. The predicted molar refractivity (Wildman–Crippen MR) is 483 cm³/mol. The van der Waals surface area contributed by atoms with Gasteiger partial charge in [-0.2, -0.15) is 0 Å². The van der Waals surface area contributed by atoms with Crippen molar-refractivity contribution in [2.24, 2.45) is 0 Å². The number of nitrogens with zero attached hydrogens (tertiary/aromatic N) is 18. The molecule has 10 aromatic carbocycles. The summed E-state index contributed by atoms with van der Waals surface area (Å²) in [4.78, 5) is 0. The standard InChI is InChI=1S/C101H88N18O9/c1-54(2)55-18-20-56(21-19-55)79-102-108-85(120-79)62-42-63(86-109-103-80(121-86)57-22-32-74(33-23-57)97(3,4)5)46-68(45-62)91-114-117-94(126-91)71-51-72(95-118-115-92(127-95)69-47-64(87-110-104-81(122-87)58-24-34-75(35-25-58)98(6,7)8)43-65(48-69)88-111-105-82(123-88)59-26-36-76(37-27-59)99(9,10)11)53-73(52-71)96-119-116-93(128-96)70-49-66(89-112-106-83(124-89)60-28-38-77(39-29-60)100(12,13)14)44-67(50-70)90-113-107-84(125-90)61-30-40-78(41-31-61)101(15,16)17/h18-54H,1-17H3. The fourth-order valence-electron chi connectivity index (χ4n) is 14.7. The zero-order chi connectivity index (χ0) is 88.9. The number of rotatable bonds is 19. The van der Waals surface area contributed by atoms with Crippen molar-refractivity contribution in [3.05, 3.63) is 252 Å². The van der Waals surface area contributed by atoms with Gasteiger partial charge in [-0.05, 0) is 212 Å². The van der Waals surface area contributed by atoms with Gasteiger partial charge < -0.3 is 39.8 Å². The molecule has 0 radical (unpaired) electrons. The minimum Gasteiger partial charge on any atom is -0.416 e. The first-order valence-electron chi connectivity index (χ1n) is 42.0. The lowest BCUT2D eigenvalue weighted by Crippen LogP contribution is -2.10. The molecular weight excluding hydrogens is 1610 g/mol. The van der Waals surface area contributed by atoms with Gasteiger partial charge in [-0.25, -0.2) is 0 Å². The maximum absolute atomic E-state index is 6.84. The van der Waals surface area contributed by atoms with Gasteiger partial charge in [0.1, 0.15) is 0 Å². The Bertz CT molecular complexity index is 6740. The van der Waals surface area contributed by atoms with Gasteiger partial charge in [0, 0.05) is 100 Å². The summed E-state index contributed by atoms with van der Waals surface area (Å²) in [6.45, 7) is 36.7. The Balaban J connectivity index is 0.732. The molecule has 128 heavy (non-hydrogen) atoms. The van der Waals surface area contributed by atoms with E-state index in [1.807, 2.05) is 127 Å². The number of hydrogen-bond acceptors (Lipinski definition) is 27. The van der Waals surface area contributed by atoms with Crippen LogP contribution in [0, 0.1) is 0 Å². The van der Waals surface area contributed by atoms with E-state index >= 15 is 0 Å². The third kappa shape index (κ3) is 16.9. The zero-order valence-corrected chi connectivity index (χ0v) is 73.6. The van der Waals surface area contributed by atoms with E-state index in [4.69, 9.17) is 70.3 Å². The molecular formula is C101H88N18O9. The fourth-order valence-corrected chi connectivity index (χ4v) is 14.7. The molecule has 0 amide bonds. The van der Waals surface area contributed by atoms with Crippen molar-refractivity contribution in [1.29, 1.82) is 0 Å². The van der Waals surface area contributed by atoms with Gasteiger partial charge in [0.2, 0.25) is 106 Å². The molecule has 19 rings (SSSR count). The van der Waals surface area contributed by atoms with Gasteiger partial charge >= 0.3 is 0 Å². The summed E-state index contributed by atoms with van der Waals surface area (Å²) in [6.07, 6.45) is 0. The molecule has 0 aliphatic rings. The van der Waals surface area contributed by atoms with Crippen molar-refractivity contribution in [3.8, 4) is 206 Å². The van der Waals surface area contributed by atoms with Crippen LogP contribution in [0.3, 0.4) is 0 Å². The molecule has 9 aromatic heterocycles. The highest BCUT2D eigenvalue weighted by Crippen LogP contribution is 2.44. The highest BCUT2D eigenvalue weighted by atomic mass is 16.4. The Hall–Kier alpha value is -15.5. The van der Waals surface area contributed by atoms with E-state index in [0.29, 0.717) is 108 Å². The monoisotopic (exact) mass is 1700 g/mol. The molecule has 0 saturated carbocycles. The molecule has 0 spiro atoms. The van der Waals surface area contributed by atoms with Crippen LogP contribution in [-0.4, -0.2) is 91.8 Å². The van der Waals surface area contributed by atoms with Crippen LogP contribution in [-0.2, 0) is 27.1 Å². The Kier molecular flexibility index (Phi) is 20.5. The molecule has 0 fully saturated rings. The molecule has 0 aliphatic carbocycles. The van der Waals surface area contributed by atoms with Crippen LogP contribution < -0.4 is 0 Å². The first-order chi connectivity index (χ1) is 61.2. The van der Waals surface area contributed by atoms with Gasteiger partial charge in [-0.15, -0.1) is 91.8 Å². The summed E-state index contributed by atoms with van der Waals surface area (Å²) >= 11 is 0. The molecule has 0 saturated heterocycles. The molecule has 27 heteroatoms. The van der Waals surface area contributed by atoms with E-state index in [0.717, 1.165) is 61.2 Å². The topological polar surface area (TPSA) is 350 Å². The number of hydrogen-bond donors (Lipinski definition) is 0. The van der Waals surface area contributed by atoms with Gasteiger partial charge in [0.15, 0.2) is 0 Å². The smallest absolute Gasteiger partial charge is 0.248 e. The quantitative estimate of drug-likeness (QED) is 0.0725. The maximum atomic E-state index is 6.84. The van der Waals surface area contributed by atoms with E-state index in [1.54, 1.807) is 18.2 Å². The lowest BCUT2D eigenvalue weighted by molar-refractivity contribution is 0.578.